The zero-order chi connectivity index (χ0) is 21.6. The molecule has 0 spiro atoms. The fourth-order valence-corrected chi connectivity index (χ4v) is 5.58. The van der Waals surface area contributed by atoms with E-state index in [2.05, 4.69) is 10.9 Å². The van der Waals surface area contributed by atoms with Crippen molar-refractivity contribution in [3.8, 4) is 0 Å². The highest BCUT2D eigenvalue weighted by molar-refractivity contribution is 7.14. The van der Waals surface area contributed by atoms with Crippen LogP contribution in [-0.2, 0) is 28.9 Å². The Morgan fingerprint density at radius 1 is 0.968 bits per heavy atom. The molecule has 0 radical (unpaired) electrons. The smallest absolute Gasteiger partial charge is 0.279 e. The van der Waals surface area contributed by atoms with Crippen molar-refractivity contribution in [2.24, 2.45) is 0 Å². The zero-order valence-corrected chi connectivity index (χ0v) is 18.5. The van der Waals surface area contributed by atoms with E-state index in [9.17, 15) is 14.4 Å². The van der Waals surface area contributed by atoms with Gasteiger partial charge in [-0.15, -0.1) is 11.3 Å². The molecule has 31 heavy (non-hydrogen) atoms. The second-order valence-corrected chi connectivity index (χ2v) is 9.46. The van der Waals surface area contributed by atoms with Gasteiger partial charge in [0.25, 0.3) is 11.8 Å². The number of amides is 3. The predicted molar refractivity (Wildman–Crippen MR) is 121 cm³/mol. The van der Waals surface area contributed by atoms with Gasteiger partial charge in [0, 0.05) is 11.4 Å². The molecule has 1 atom stereocenters. The van der Waals surface area contributed by atoms with Gasteiger partial charge in [-0.05, 0) is 55.7 Å². The lowest BCUT2D eigenvalue weighted by atomic mass is 10.00. The van der Waals surface area contributed by atoms with Crippen LogP contribution in [0.5, 0.6) is 0 Å². The molecule has 6 nitrogen and oxygen atoms in total. The number of fused-ring (bicyclic) bond motifs is 1. The van der Waals surface area contributed by atoms with Gasteiger partial charge in [-0.1, -0.05) is 43.2 Å². The van der Waals surface area contributed by atoms with Crippen molar-refractivity contribution < 1.29 is 14.4 Å². The highest BCUT2D eigenvalue weighted by atomic mass is 32.1. The molecule has 0 saturated carbocycles. The molecule has 7 heteroatoms. The molecule has 1 unspecified atom stereocenters. The number of nitrogens with zero attached hydrogens (tertiary/aromatic N) is 1. The third kappa shape index (κ3) is 5.34. The molecule has 1 saturated heterocycles. The van der Waals surface area contributed by atoms with Crippen molar-refractivity contribution in [1.29, 1.82) is 0 Å². The molecule has 1 aromatic heterocycles. The fraction of sp³-hybridized carbons (Fsp3) is 0.458. The van der Waals surface area contributed by atoms with E-state index in [1.807, 2.05) is 36.4 Å². The second-order valence-electron chi connectivity index (χ2n) is 8.32. The topological polar surface area (TPSA) is 78.5 Å². The molecule has 164 valence electrons. The van der Waals surface area contributed by atoms with E-state index in [0.717, 1.165) is 31.2 Å². The Morgan fingerprint density at radius 3 is 2.55 bits per heavy atom. The van der Waals surface area contributed by atoms with Crippen LogP contribution < -0.4 is 10.9 Å². The number of rotatable bonds is 4. The number of hydrazine groups is 1. The second kappa shape index (κ2) is 10.1. The number of hydrogen-bond donors (Lipinski definition) is 2. The number of carbonyl (C=O) groups is 3. The number of carbonyl (C=O) groups excluding carboxylic acids is 3. The standard InChI is InChI=1S/C24H29N3O3S/c28-22(15-17-9-4-3-5-10-17)27-14-8-12-19(27)23(29)25-26-24(30)21-16-18-11-6-1-2-7-13-20(18)31-21/h3-5,9-10,16,19H,1-2,6-8,11-15H2,(H,25,29)(H,26,30). The highest BCUT2D eigenvalue weighted by Gasteiger charge is 2.34. The van der Waals surface area contributed by atoms with Gasteiger partial charge in [-0.25, -0.2) is 0 Å². The zero-order valence-electron chi connectivity index (χ0n) is 17.7. The Labute approximate surface area is 187 Å². The van der Waals surface area contributed by atoms with Crippen LogP contribution in [0.4, 0.5) is 0 Å². The van der Waals surface area contributed by atoms with Crippen molar-refractivity contribution in [3.05, 3.63) is 57.3 Å². The molecule has 0 bridgehead atoms. The molecule has 2 heterocycles. The van der Waals surface area contributed by atoms with Gasteiger partial charge in [0.05, 0.1) is 11.3 Å². The first-order valence-corrected chi connectivity index (χ1v) is 12.0. The van der Waals surface area contributed by atoms with Crippen LogP contribution in [0.2, 0.25) is 0 Å². The monoisotopic (exact) mass is 439 g/mol. The van der Waals surface area contributed by atoms with Crippen LogP contribution in [-0.4, -0.2) is 35.2 Å². The molecular weight excluding hydrogens is 410 g/mol. The Kier molecular flexibility index (Phi) is 7.02. The summed E-state index contributed by atoms with van der Waals surface area (Å²) in [6.45, 7) is 0.565. The summed E-state index contributed by atoms with van der Waals surface area (Å²) in [4.78, 5) is 41.6. The minimum atomic E-state index is -0.542. The van der Waals surface area contributed by atoms with Crippen molar-refractivity contribution in [2.45, 2.75) is 63.8 Å². The fourth-order valence-electron chi connectivity index (χ4n) is 4.43. The summed E-state index contributed by atoms with van der Waals surface area (Å²) in [7, 11) is 0. The highest BCUT2D eigenvalue weighted by Crippen LogP contribution is 2.28. The number of likely N-dealkylation sites (tertiary alicyclic amines) is 1. The van der Waals surface area contributed by atoms with Gasteiger partial charge in [-0.2, -0.15) is 0 Å². The van der Waals surface area contributed by atoms with Crippen molar-refractivity contribution in [3.63, 3.8) is 0 Å². The summed E-state index contributed by atoms with van der Waals surface area (Å²) >= 11 is 1.53. The van der Waals surface area contributed by atoms with Crippen molar-refractivity contribution in [2.75, 3.05) is 6.54 Å². The average molecular weight is 440 g/mol. The van der Waals surface area contributed by atoms with Crippen molar-refractivity contribution in [1.82, 2.24) is 15.8 Å². The largest absolute Gasteiger partial charge is 0.330 e. The molecule has 1 aliphatic heterocycles. The minimum absolute atomic E-state index is 0.0618. The van der Waals surface area contributed by atoms with Gasteiger partial charge < -0.3 is 4.90 Å². The van der Waals surface area contributed by atoms with Crippen molar-refractivity contribution >= 4 is 29.1 Å². The number of nitrogens with one attached hydrogen (secondary N) is 2. The van der Waals surface area contributed by atoms with E-state index < -0.39 is 6.04 Å². The summed E-state index contributed by atoms with van der Waals surface area (Å²) in [6.07, 6.45) is 8.53. The normalized spacial score (nSPS) is 18.6. The number of thiophene rings is 1. The maximum Gasteiger partial charge on any atom is 0.279 e. The molecule has 3 amide bonds. The predicted octanol–water partition coefficient (Wildman–Crippen LogP) is 3.40. The lowest BCUT2D eigenvalue weighted by Crippen LogP contribution is -2.51. The summed E-state index contributed by atoms with van der Waals surface area (Å²) < 4.78 is 0. The van der Waals surface area contributed by atoms with Gasteiger partial charge in [-0.3, -0.25) is 25.2 Å². The molecule has 1 aromatic carbocycles. The first-order valence-electron chi connectivity index (χ1n) is 11.2. The van der Waals surface area contributed by atoms with E-state index in [0.29, 0.717) is 17.8 Å². The van der Waals surface area contributed by atoms with Crippen LogP contribution in [0.15, 0.2) is 36.4 Å². The Bertz CT molecular complexity index is 915. The van der Waals surface area contributed by atoms with E-state index in [4.69, 9.17) is 0 Å². The van der Waals surface area contributed by atoms with E-state index in [1.165, 1.54) is 41.0 Å². The first kappa shape index (κ1) is 21.6. The van der Waals surface area contributed by atoms with Crippen LogP contribution >= 0.6 is 11.3 Å². The third-order valence-corrected chi connectivity index (χ3v) is 7.33. The number of aryl methyl sites for hydroxylation is 2. The number of benzene rings is 1. The van der Waals surface area contributed by atoms with Crippen LogP contribution in [0.3, 0.4) is 0 Å². The maximum atomic E-state index is 12.7. The Morgan fingerprint density at radius 2 is 1.74 bits per heavy atom. The molecule has 2 aliphatic rings. The lowest BCUT2D eigenvalue weighted by molar-refractivity contribution is -0.138. The van der Waals surface area contributed by atoms with E-state index in [1.54, 1.807) is 4.90 Å². The molecule has 1 fully saturated rings. The maximum absolute atomic E-state index is 12.7. The Balaban J connectivity index is 1.33. The van der Waals surface area contributed by atoms with E-state index in [-0.39, 0.29) is 24.1 Å². The Hall–Kier alpha value is -2.67. The quantitative estimate of drug-likeness (QED) is 0.717. The number of hydrogen-bond acceptors (Lipinski definition) is 4. The SMILES string of the molecule is O=C(NNC(=O)C1CCCN1C(=O)Cc1ccccc1)c1cc2c(s1)CCCCCC2. The average Bonchev–Trinajstić information content (AvgIpc) is 3.40. The summed E-state index contributed by atoms with van der Waals surface area (Å²) in [6, 6.07) is 11.0. The molecule has 4 rings (SSSR count). The summed E-state index contributed by atoms with van der Waals surface area (Å²) in [5.74, 6) is -0.680. The molecule has 1 aliphatic carbocycles. The third-order valence-electron chi connectivity index (χ3n) is 6.09. The van der Waals surface area contributed by atoms with Gasteiger partial charge in [0.15, 0.2) is 0 Å². The van der Waals surface area contributed by atoms with Gasteiger partial charge in [0.2, 0.25) is 5.91 Å². The first-order chi connectivity index (χ1) is 15.1. The summed E-state index contributed by atoms with van der Waals surface area (Å²) in [5.41, 5.74) is 7.31. The lowest BCUT2D eigenvalue weighted by Gasteiger charge is -2.24. The van der Waals surface area contributed by atoms with Gasteiger partial charge >= 0.3 is 0 Å². The minimum Gasteiger partial charge on any atom is -0.330 e. The van der Waals surface area contributed by atoms with Crippen LogP contribution in [0.25, 0.3) is 0 Å². The molecular formula is C24H29N3O3S. The molecule has 2 N–H and O–H groups in total. The van der Waals surface area contributed by atoms with Gasteiger partial charge in [0.1, 0.15) is 6.04 Å². The molecule has 2 aromatic rings. The van der Waals surface area contributed by atoms with Crippen LogP contribution in [0.1, 0.15) is 64.2 Å². The van der Waals surface area contributed by atoms with Crippen LogP contribution in [0, 0.1) is 0 Å². The van der Waals surface area contributed by atoms with E-state index >= 15 is 0 Å². The summed E-state index contributed by atoms with van der Waals surface area (Å²) in [5, 5.41) is 0.